The molecule has 0 bridgehead atoms. The molecular formula is C22H23N3O2. The molecule has 27 heavy (non-hydrogen) atoms. The molecule has 1 aliphatic heterocycles. The number of fused-ring (bicyclic) bond motifs is 1. The average molecular weight is 361 g/mol. The second-order valence-corrected chi connectivity index (χ2v) is 7.24. The topological polar surface area (TPSA) is 55.2 Å². The fourth-order valence-electron chi connectivity index (χ4n) is 3.90. The number of amides is 1. The largest absolute Gasteiger partial charge is 0.337 e. The number of aryl methyl sites for hydroxylation is 1. The number of likely N-dealkylation sites (tertiary alicyclic amines) is 1. The molecule has 1 saturated heterocycles. The Morgan fingerprint density at radius 3 is 2.44 bits per heavy atom. The number of hydrogen-bond donors (Lipinski definition) is 0. The number of piperidine rings is 1. The number of nitrogens with zero attached hydrogens (tertiary/aromatic N) is 3. The first kappa shape index (κ1) is 17.5. The maximum absolute atomic E-state index is 12.9. The molecule has 0 atom stereocenters. The Kier molecular flexibility index (Phi) is 4.75. The highest BCUT2D eigenvalue weighted by molar-refractivity contribution is 5.95. The van der Waals surface area contributed by atoms with Crippen molar-refractivity contribution in [2.24, 2.45) is 13.0 Å². The second kappa shape index (κ2) is 7.35. The molecule has 0 radical (unpaired) electrons. The van der Waals surface area contributed by atoms with Gasteiger partial charge in [-0.1, -0.05) is 42.5 Å². The Bertz CT molecular complexity index is 1020. The fourth-order valence-corrected chi connectivity index (χ4v) is 3.90. The third-order valence-electron chi connectivity index (χ3n) is 5.43. The first-order valence-electron chi connectivity index (χ1n) is 9.43. The van der Waals surface area contributed by atoms with Crippen molar-refractivity contribution < 1.29 is 4.79 Å². The van der Waals surface area contributed by atoms with Crippen molar-refractivity contribution in [3.05, 3.63) is 76.1 Å². The van der Waals surface area contributed by atoms with Gasteiger partial charge in [-0.2, -0.15) is 5.10 Å². The number of carbonyl (C=O) groups is 1. The van der Waals surface area contributed by atoms with Crippen LogP contribution in [-0.2, 0) is 13.5 Å². The van der Waals surface area contributed by atoms with E-state index in [1.807, 2.05) is 24.3 Å². The van der Waals surface area contributed by atoms with Gasteiger partial charge >= 0.3 is 0 Å². The van der Waals surface area contributed by atoms with Crippen LogP contribution in [0.5, 0.6) is 0 Å². The summed E-state index contributed by atoms with van der Waals surface area (Å²) in [7, 11) is 1.77. The van der Waals surface area contributed by atoms with Gasteiger partial charge in [0, 0.05) is 25.5 Å². The zero-order valence-electron chi connectivity index (χ0n) is 15.5. The molecule has 1 aromatic heterocycles. The Balaban J connectivity index is 1.49. The highest BCUT2D eigenvalue weighted by Crippen LogP contribution is 2.22. The van der Waals surface area contributed by atoms with E-state index in [0.717, 1.165) is 24.8 Å². The van der Waals surface area contributed by atoms with E-state index < -0.39 is 0 Å². The normalized spacial score (nSPS) is 15.2. The summed E-state index contributed by atoms with van der Waals surface area (Å²) in [6.07, 6.45) is 2.95. The Morgan fingerprint density at radius 1 is 1.04 bits per heavy atom. The van der Waals surface area contributed by atoms with E-state index in [-0.39, 0.29) is 17.0 Å². The maximum atomic E-state index is 12.9. The van der Waals surface area contributed by atoms with Gasteiger partial charge in [0.05, 0.1) is 5.52 Å². The van der Waals surface area contributed by atoms with E-state index in [1.54, 1.807) is 22.7 Å². The molecule has 1 aliphatic rings. The molecule has 1 fully saturated rings. The van der Waals surface area contributed by atoms with E-state index in [4.69, 9.17) is 0 Å². The lowest BCUT2D eigenvalue weighted by Gasteiger charge is -2.31. The number of aromatic nitrogens is 2. The molecule has 0 spiro atoms. The number of hydrogen-bond acceptors (Lipinski definition) is 3. The minimum atomic E-state index is -0.278. The van der Waals surface area contributed by atoms with E-state index in [1.165, 1.54) is 5.56 Å². The van der Waals surface area contributed by atoms with Gasteiger partial charge in [0.2, 0.25) is 5.43 Å². The summed E-state index contributed by atoms with van der Waals surface area (Å²) in [6.45, 7) is 1.35. The van der Waals surface area contributed by atoms with Crippen LogP contribution in [0.25, 0.3) is 10.9 Å². The highest BCUT2D eigenvalue weighted by Gasteiger charge is 2.27. The van der Waals surface area contributed by atoms with Gasteiger partial charge < -0.3 is 4.90 Å². The number of carbonyl (C=O) groups excluding carboxylic acids is 1. The summed E-state index contributed by atoms with van der Waals surface area (Å²) < 4.78 is 1.62. The fraction of sp³-hybridized carbons (Fsp3) is 0.318. The van der Waals surface area contributed by atoms with Crippen LogP contribution >= 0.6 is 0 Å². The molecule has 2 aromatic carbocycles. The van der Waals surface area contributed by atoms with Gasteiger partial charge in [-0.3, -0.25) is 14.3 Å². The van der Waals surface area contributed by atoms with E-state index in [9.17, 15) is 9.59 Å². The summed E-state index contributed by atoms with van der Waals surface area (Å²) in [6, 6.07) is 17.7. The molecule has 0 N–H and O–H groups in total. The lowest BCUT2D eigenvalue weighted by Crippen LogP contribution is -2.41. The van der Waals surface area contributed by atoms with Crippen LogP contribution in [0.4, 0.5) is 0 Å². The van der Waals surface area contributed by atoms with Crippen LogP contribution < -0.4 is 5.43 Å². The molecule has 0 saturated carbocycles. The number of para-hydroxylation sites is 1. The van der Waals surface area contributed by atoms with Crippen LogP contribution in [0.1, 0.15) is 28.9 Å². The lowest BCUT2D eigenvalue weighted by atomic mass is 9.90. The Morgan fingerprint density at radius 2 is 1.70 bits per heavy atom. The monoisotopic (exact) mass is 361 g/mol. The SMILES string of the molecule is Cn1nc(C(=O)N2CCC(Cc3ccccc3)CC2)c(=O)c2ccccc21. The van der Waals surface area contributed by atoms with Gasteiger partial charge in [0.1, 0.15) is 0 Å². The standard InChI is InChI=1S/C22H23N3O2/c1-24-19-10-6-5-9-18(19)21(26)20(23-24)22(27)25-13-11-17(12-14-25)15-16-7-3-2-4-8-16/h2-10,17H,11-15H2,1H3. The smallest absolute Gasteiger partial charge is 0.278 e. The minimum absolute atomic E-state index is 0.0257. The zero-order chi connectivity index (χ0) is 18.8. The van der Waals surface area contributed by atoms with Gasteiger partial charge in [0.25, 0.3) is 5.91 Å². The van der Waals surface area contributed by atoms with Crippen LogP contribution in [0, 0.1) is 5.92 Å². The summed E-state index contributed by atoms with van der Waals surface area (Å²) in [5.74, 6) is 0.323. The van der Waals surface area contributed by atoms with Crippen molar-refractivity contribution >= 4 is 16.8 Å². The number of rotatable bonds is 3. The van der Waals surface area contributed by atoms with Gasteiger partial charge in [-0.15, -0.1) is 0 Å². The minimum Gasteiger partial charge on any atom is -0.337 e. The van der Waals surface area contributed by atoms with Crippen molar-refractivity contribution in [2.45, 2.75) is 19.3 Å². The molecule has 5 heteroatoms. The summed E-state index contributed by atoms with van der Waals surface area (Å²) >= 11 is 0. The van der Waals surface area contributed by atoms with E-state index in [2.05, 4.69) is 29.4 Å². The van der Waals surface area contributed by atoms with Crippen LogP contribution in [-0.4, -0.2) is 33.7 Å². The maximum Gasteiger partial charge on any atom is 0.278 e. The lowest BCUT2D eigenvalue weighted by molar-refractivity contribution is 0.0681. The van der Waals surface area contributed by atoms with Gasteiger partial charge in [0.15, 0.2) is 5.69 Å². The Labute approximate surface area is 158 Å². The van der Waals surface area contributed by atoms with Crippen LogP contribution in [0.3, 0.4) is 0 Å². The van der Waals surface area contributed by atoms with E-state index >= 15 is 0 Å². The molecule has 5 nitrogen and oxygen atoms in total. The average Bonchev–Trinajstić information content (AvgIpc) is 2.71. The summed E-state index contributed by atoms with van der Waals surface area (Å²) in [4.78, 5) is 27.5. The molecule has 138 valence electrons. The Hall–Kier alpha value is -2.95. The van der Waals surface area contributed by atoms with Crippen molar-refractivity contribution in [3.63, 3.8) is 0 Å². The van der Waals surface area contributed by atoms with Gasteiger partial charge in [-0.25, -0.2) is 0 Å². The summed E-state index contributed by atoms with van der Waals surface area (Å²) in [5.41, 5.74) is 1.82. The third kappa shape index (κ3) is 3.50. The van der Waals surface area contributed by atoms with Crippen molar-refractivity contribution in [2.75, 3.05) is 13.1 Å². The molecule has 0 unspecified atom stereocenters. The molecule has 3 aromatic rings. The third-order valence-corrected chi connectivity index (χ3v) is 5.43. The zero-order valence-corrected chi connectivity index (χ0v) is 15.5. The van der Waals surface area contributed by atoms with E-state index in [0.29, 0.717) is 24.4 Å². The quantitative estimate of drug-likeness (QED) is 0.721. The van der Waals surface area contributed by atoms with Crippen LogP contribution in [0.2, 0.25) is 0 Å². The first-order chi connectivity index (χ1) is 13.1. The molecule has 2 heterocycles. The van der Waals surface area contributed by atoms with Crippen molar-refractivity contribution in [3.8, 4) is 0 Å². The van der Waals surface area contributed by atoms with Crippen molar-refractivity contribution in [1.29, 1.82) is 0 Å². The first-order valence-corrected chi connectivity index (χ1v) is 9.43. The second-order valence-electron chi connectivity index (χ2n) is 7.24. The van der Waals surface area contributed by atoms with Gasteiger partial charge in [-0.05, 0) is 42.9 Å². The predicted octanol–water partition coefficient (Wildman–Crippen LogP) is 3.03. The molecule has 0 aliphatic carbocycles. The summed E-state index contributed by atoms with van der Waals surface area (Å²) in [5, 5.41) is 4.81. The molecule has 1 amide bonds. The highest BCUT2D eigenvalue weighted by atomic mass is 16.2. The predicted molar refractivity (Wildman–Crippen MR) is 106 cm³/mol. The molecule has 4 rings (SSSR count). The molecular weight excluding hydrogens is 338 g/mol. The number of benzene rings is 2. The van der Waals surface area contributed by atoms with Crippen molar-refractivity contribution in [1.82, 2.24) is 14.7 Å². The van der Waals surface area contributed by atoms with Crippen LogP contribution in [0.15, 0.2) is 59.4 Å².